The van der Waals surface area contributed by atoms with Gasteiger partial charge in [-0.25, -0.2) is 4.39 Å². The van der Waals surface area contributed by atoms with E-state index in [9.17, 15) is 9.18 Å². The van der Waals surface area contributed by atoms with E-state index in [1.54, 1.807) is 6.07 Å². The monoisotopic (exact) mass is 340 g/mol. The maximum atomic E-state index is 13.6. The van der Waals surface area contributed by atoms with Crippen molar-refractivity contribution < 1.29 is 9.18 Å². The first-order chi connectivity index (χ1) is 10.5. The van der Waals surface area contributed by atoms with Crippen LogP contribution in [0.5, 0.6) is 0 Å². The van der Waals surface area contributed by atoms with Gasteiger partial charge in [0.25, 0.3) is 0 Å². The minimum absolute atomic E-state index is 0.0362. The molecule has 2 rings (SSSR count). The Hall–Kier alpha value is -1.62. The lowest BCUT2D eigenvalue weighted by Gasteiger charge is -2.15. The van der Waals surface area contributed by atoms with E-state index in [-0.39, 0.29) is 29.2 Å². The van der Waals surface area contributed by atoms with Crippen molar-refractivity contribution in [1.29, 1.82) is 0 Å². The summed E-state index contributed by atoms with van der Waals surface area (Å²) in [5, 5.41) is 6.45. The zero-order valence-electron chi connectivity index (χ0n) is 11.9. The zero-order valence-corrected chi connectivity index (χ0v) is 13.4. The van der Waals surface area contributed by atoms with Crippen LogP contribution in [0, 0.1) is 5.82 Å². The van der Waals surface area contributed by atoms with Crippen molar-refractivity contribution in [3.8, 4) is 0 Å². The quantitative estimate of drug-likeness (QED) is 0.845. The van der Waals surface area contributed by atoms with Crippen molar-refractivity contribution in [3.05, 3.63) is 63.9 Å². The Morgan fingerprint density at radius 3 is 2.64 bits per heavy atom. The highest BCUT2D eigenvalue weighted by Crippen LogP contribution is 2.22. The van der Waals surface area contributed by atoms with Crippen molar-refractivity contribution in [2.45, 2.75) is 13.0 Å². The van der Waals surface area contributed by atoms with E-state index >= 15 is 0 Å². The Bertz CT molecular complexity index is 679. The molecular weight excluding hydrogens is 326 g/mol. The number of anilines is 1. The molecule has 0 aliphatic rings. The van der Waals surface area contributed by atoms with E-state index in [1.807, 2.05) is 25.1 Å². The highest BCUT2D eigenvalue weighted by atomic mass is 35.5. The average molecular weight is 341 g/mol. The van der Waals surface area contributed by atoms with Crippen LogP contribution in [0.3, 0.4) is 0 Å². The molecule has 0 aliphatic carbocycles. The first-order valence-corrected chi connectivity index (χ1v) is 7.45. The van der Waals surface area contributed by atoms with Crippen LogP contribution in [-0.4, -0.2) is 12.5 Å². The molecule has 0 aromatic heterocycles. The van der Waals surface area contributed by atoms with Crippen molar-refractivity contribution in [1.82, 2.24) is 5.32 Å². The molecule has 2 aromatic rings. The van der Waals surface area contributed by atoms with Crippen molar-refractivity contribution in [2.24, 2.45) is 0 Å². The van der Waals surface area contributed by atoms with Crippen LogP contribution in [-0.2, 0) is 4.79 Å². The van der Waals surface area contributed by atoms with Gasteiger partial charge in [-0.2, -0.15) is 0 Å². The number of carbonyl (C=O) groups is 1. The molecule has 22 heavy (non-hydrogen) atoms. The SMILES string of the molecule is C[C@H](NCC(=O)Nc1ccc(Cl)cc1F)c1ccccc1Cl. The molecule has 0 heterocycles. The fraction of sp³-hybridized carbons (Fsp3) is 0.188. The van der Waals surface area contributed by atoms with E-state index in [2.05, 4.69) is 10.6 Å². The summed E-state index contributed by atoms with van der Waals surface area (Å²) in [4.78, 5) is 11.9. The van der Waals surface area contributed by atoms with Gasteiger partial charge in [-0.05, 0) is 36.8 Å². The third kappa shape index (κ3) is 4.44. The Balaban J connectivity index is 1.91. The lowest BCUT2D eigenvalue weighted by Crippen LogP contribution is -2.30. The summed E-state index contributed by atoms with van der Waals surface area (Å²) in [5.74, 6) is -0.917. The van der Waals surface area contributed by atoms with Gasteiger partial charge in [-0.1, -0.05) is 41.4 Å². The van der Waals surface area contributed by atoms with Crippen LogP contribution in [0.15, 0.2) is 42.5 Å². The Labute approximate surface area is 138 Å². The smallest absolute Gasteiger partial charge is 0.238 e. The topological polar surface area (TPSA) is 41.1 Å². The van der Waals surface area contributed by atoms with E-state index < -0.39 is 5.82 Å². The second-order valence-corrected chi connectivity index (χ2v) is 5.64. The summed E-state index contributed by atoms with van der Waals surface area (Å²) in [6.07, 6.45) is 0. The van der Waals surface area contributed by atoms with Gasteiger partial charge in [0.05, 0.1) is 12.2 Å². The number of hydrogen-bond acceptors (Lipinski definition) is 2. The van der Waals surface area contributed by atoms with Crippen LogP contribution < -0.4 is 10.6 Å². The standard InChI is InChI=1S/C16H15Cl2FN2O/c1-10(12-4-2-3-5-13(12)18)20-9-16(22)21-15-7-6-11(17)8-14(15)19/h2-8,10,20H,9H2,1H3,(H,21,22)/t10-/m0/s1. The predicted molar refractivity (Wildman–Crippen MR) is 87.9 cm³/mol. The molecule has 0 fully saturated rings. The minimum atomic E-state index is -0.569. The summed E-state index contributed by atoms with van der Waals surface area (Å²) < 4.78 is 13.6. The lowest BCUT2D eigenvalue weighted by molar-refractivity contribution is -0.115. The molecule has 0 radical (unpaired) electrons. The zero-order chi connectivity index (χ0) is 16.1. The fourth-order valence-electron chi connectivity index (χ4n) is 1.97. The second kappa shape index (κ2) is 7.58. The first-order valence-electron chi connectivity index (χ1n) is 6.70. The number of carbonyl (C=O) groups excluding carboxylic acids is 1. The lowest BCUT2D eigenvalue weighted by atomic mass is 10.1. The van der Waals surface area contributed by atoms with Crippen LogP contribution >= 0.6 is 23.2 Å². The number of hydrogen-bond donors (Lipinski definition) is 2. The Kier molecular flexibility index (Phi) is 5.77. The van der Waals surface area contributed by atoms with Gasteiger partial charge in [0.15, 0.2) is 0 Å². The van der Waals surface area contributed by atoms with Gasteiger partial charge in [0.2, 0.25) is 5.91 Å². The summed E-state index contributed by atoms with van der Waals surface area (Å²) in [6, 6.07) is 11.4. The van der Waals surface area contributed by atoms with E-state index in [0.717, 1.165) is 11.6 Å². The molecule has 0 spiro atoms. The van der Waals surface area contributed by atoms with Gasteiger partial charge in [0, 0.05) is 16.1 Å². The van der Waals surface area contributed by atoms with Gasteiger partial charge >= 0.3 is 0 Å². The average Bonchev–Trinajstić information content (AvgIpc) is 2.48. The number of halogens is 3. The van der Waals surface area contributed by atoms with Crippen LogP contribution in [0.25, 0.3) is 0 Å². The highest BCUT2D eigenvalue weighted by molar-refractivity contribution is 6.31. The molecule has 0 saturated carbocycles. The third-order valence-electron chi connectivity index (χ3n) is 3.15. The molecule has 0 bridgehead atoms. The number of nitrogens with one attached hydrogen (secondary N) is 2. The molecule has 116 valence electrons. The van der Waals surface area contributed by atoms with Gasteiger partial charge < -0.3 is 10.6 Å². The molecule has 3 nitrogen and oxygen atoms in total. The van der Waals surface area contributed by atoms with Gasteiger partial charge in [-0.15, -0.1) is 0 Å². The fourth-order valence-corrected chi connectivity index (χ4v) is 2.43. The summed E-state index contributed by atoms with van der Waals surface area (Å²) in [6.45, 7) is 1.94. The number of rotatable bonds is 5. The molecule has 1 amide bonds. The molecule has 6 heteroatoms. The van der Waals surface area contributed by atoms with Crippen LogP contribution in [0.4, 0.5) is 10.1 Å². The minimum Gasteiger partial charge on any atom is -0.322 e. The first kappa shape index (κ1) is 16.7. The van der Waals surface area contributed by atoms with Crippen molar-refractivity contribution in [2.75, 3.05) is 11.9 Å². The second-order valence-electron chi connectivity index (χ2n) is 4.80. The number of benzene rings is 2. The molecule has 0 aliphatic heterocycles. The van der Waals surface area contributed by atoms with Gasteiger partial charge in [0.1, 0.15) is 5.82 Å². The molecule has 2 N–H and O–H groups in total. The van der Waals surface area contributed by atoms with Crippen LogP contribution in [0.2, 0.25) is 10.0 Å². The molecule has 0 saturated heterocycles. The van der Waals surface area contributed by atoms with E-state index in [4.69, 9.17) is 23.2 Å². The molecule has 1 atom stereocenters. The molecule has 0 unspecified atom stereocenters. The van der Waals surface area contributed by atoms with Crippen molar-refractivity contribution >= 4 is 34.8 Å². The molecular formula is C16H15Cl2FN2O. The Morgan fingerprint density at radius 2 is 1.95 bits per heavy atom. The maximum absolute atomic E-state index is 13.6. The largest absolute Gasteiger partial charge is 0.322 e. The summed E-state index contributed by atoms with van der Waals surface area (Å²) in [7, 11) is 0. The van der Waals surface area contributed by atoms with E-state index in [1.165, 1.54) is 12.1 Å². The van der Waals surface area contributed by atoms with Crippen molar-refractivity contribution in [3.63, 3.8) is 0 Å². The van der Waals surface area contributed by atoms with E-state index in [0.29, 0.717) is 5.02 Å². The number of amides is 1. The predicted octanol–water partition coefficient (Wildman–Crippen LogP) is 4.42. The highest BCUT2D eigenvalue weighted by Gasteiger charge is 2.12. The summed E-state index contributed by atoms with van der Waals surface area (Å²) in [5.41, 5.74) is 0.997. The maximum Gasteiger partial charge on any atom is 0.238 e. The summed E-state index contributed by atoms with van der Waals surface area (Å²) >= 11 is 11.8. The normalized spacial score (nSPS) is 12.0. The third-order valence-corrected chi connectivity index (χ3v) is 3.73. The van der Waals surface area contributed by atoms with Gasteiger partial charge in [-0.3, -0.25) is 4.79 Å². The Morgan fingerprint density at radius 1 is 1.23 bits per heavy atom. The molecule has 2 aromatic carbocycles. The van der Waals surface area contributed by atoms with Crippen LogP contribution in [0.1, 0.15) is 18.5 Å².